The third-order valence-electron chi connectivity index (χ3n) is 5.29. The highest BCUT2D eigenvalue weighted by atomic mass is 79.9. The Morgan fingerprint density at radius 1 is 1.19 bits per heavy atom. The van der Waals surface area contributed by atoms with Gasteiger partial charge in [-0.2, -0.15) is 0 Å². The smallest absolute Gasteiger partial charge is 0.0387 e. The number of anilines is 1. The topological polar surface area (TPSA) is 15.3 Å². The number of nitrogens with zero attached hydrogens (tertiary/aromatic N) is 1. The van der Waals surface area contributed by atoms with E-state index in [4.69, 9.17) is 0 Å². The molecule has 0 radical (unpaired) electrons. The van der Waals surface area contributed by atoms with E-state index in [0.717, 1.165) is 19.0 Å². The van der Waals surface area contributed by atoms with Crippen molar-refractivity contribution < 1.29 is 0 Å². The Labute approximate surface area is 137 Å². The highest BCUT2D eigenvalue weighted by Crippen LogP contribution is 2.31. The standard InChI is InChI=1S/C18H27BrN2/c1-13-10-16(8-9-17(13)19)21-12-18(20-11-14(21)2)15-6-4-3-5-7-15/h8-10,14-15,18,20H,3-7,11-12H2,1-2H3. The van der Waals surface area contributed by atoms with E-state index < -0.39 is 0 Å². The number of hydrogen-bond acceptors (Lipinski definition) is 2. The highest BCUT2D eigenvalue weighted by Gasteiger charge is 2.31. The fourth-order valence-corrected chi connectivity index (χ4v) is 4.15. The minimum Gasteiger partial charge on any atom is -0.366 e. The molecule has 1 aliphatic carbocycles. The minimum atomic E-state index is 0.574. The van der Waals surface area contributed by atoms with E-state index in [1.54, 1.807) is 0 Å². The van der Waals surface area contributed by atoms with E-state index in [1.165, 1.54) is 47.8 Å². The van der Waals surface area contributed by atoms with Crippen molar-refractivity contribution in [1.82, 2.24) is 5.32 Å². The van der Waals surface area contributed by atoms with Gasteiger partial charge in [0.05, 0.1) is 0 Å². The molecule has 0 amide bonds. The molecule has 2 nitrogen and oxygen atoms in total. The Morgan fingerprint density at radius 2 is 1.95 bits per heavy atom. The summed E-state index contributed by atoms with van der Waals surface area (Å²) in [5, 5.41) is 3.81. The molecule has 1 saturated heterocycles. The molecular weight excluding hydrogens is 324 g/mol. The van der Waals surface area contributed by atoms with E-state index in [0.29, 0.717) is 12.1 Å². The molecule has 1 saturated carbocycles. The molecule has 21 heavy (non-hydrogen) atoms. The van der Waals surface area contributed by atoms with E-state index >= 15 is 0 Å². The van der Waals surface area contributed by atoms with E-state index in [2.05, 4.69) is 58.2 Å². The van der Waals surface area contributed by atoms with Crippen LogP contribution in [0.25, 0.3) is 0 Å². The van der Waals surface area contributed by atoms with Gasteiger partial charge in [0.25, 0.3) is 0 Å². The van der Waals surface area contributed by atoms with E-state index in [9.17, 15) is 0 Å². The molecule has 1 N–H and O–H groups in total. The molecule has 3 heteroatoms. The second-order valence-electron chi connectivity index (χ2n) is 6.85. The van der Waals surface area contributed by atoms with Gasteiger partial charge >= 0.3 is 0 Å². The molecule has 1 aromatic rings. The number of nitrogens with one attached hydrogen (secondary N) is 1. The molecule has 2 aliphatic rings. The van der Waals surface area contributed by atoms with Crippen molar-refractivity contribution in [2.24, 2.45) is 5.92 Å². The molecule has 1 aliphatic heterocycles. The quantitative estimate of drug-likeness (QED) is 0.844. The van der Waals surface area contributed by atoms with Gasteiger partial charge in [0, 0.05) is 35.3 Å². The minimum absolute atomic E-state index is 0.574. The van der Waals surface area contributed by atoms with Crippen LogP contribution in [0.15, 0.2) is 22.7 Å². The molecule has 0 aromatic heterocycles. The van der Waals surface area contributed by atoms with Gasteiger partial charge in [-0.25, -0.2) is 0 Å². The van der Waals surface area contributed by atoms with Crippen molar-refractivity contribution in [3.63, 3.8) is 0 Å². The molecule has 2 fully saturated rings. The third-order valence-corrected chi connectivity index (χ3v) is 6.18. The zero-order chi connectivity index (χ0) is 14.8. The lowest BCUT2D eigenvalue weighted by molar-refractivity contribution is 0.245. The zero-order valence-electron chi connectivity index (χ0n) is 13.2. The Morgan fingerprint density at radius 3 is 2.67 bits per heavy atom. The molecule has 0 bridgehead atoms. The molecular formula is C18H27BrN2. The van der Waals surface area contributed by atoms with Crippen LogP contribution in [0.1, 0.15) is 44.6 Å². The average Bonchev–Trinajstić information content (AvgIpc) is 2.51. The van der Waals surface area contributed by atoms with Crippen LogP contribution in [0.3, 0.4) is 0 Å². The first-order chi connectivity index (χ1) is 10.1. The molecule has 2 unspecified atom stereocenters. The normalized spacial score (nSPS) is 27.9. The highest BCUT2D eigenvalue weighted by molar-refractivity contribution is 9.10. The van der Waals surface area contributed by atoms with Gasteiger partial charge in [-0.15, -0.1) is 0 Å². The summed E-state index contributed by atoms with van der Waals surface area (Å²) < 4.78 is 1.21. The number of rotatable bonds is 2. The van der Waals surface area contributed by atoms with Crippen molar-refractivity contribution in [2.75, 3.05) is 18.0 Å². The molecule has 1 aromatic carbocycles. The summed E-state index contributed by atoms with van der Waals surface area (Å²) in [6, 6.07) is 8.02. The lowest BCUT2D eigenvalue weighted by Crippen LogP contribution is -2.58. The molecule has 2 atom stereocenters. The van der Waals surface area contributed by atoms with E-state index in [1.807, 2.05) is 0 Å². The number of piperazine rings is 1. The number of benzene rings is 1. The Hall–Kier alpha value is -0.540. The van der Waals surface area contributed by atoms with Crippen LogP contribution in [-0.2, 0) is 0 Å². The maximum Gasteiger partial charge on any atom is 0.0387 e. The molecule has 3 rings (SSSR count). The second kappa shape index (κ2) is 6.70. The van der Waals surface area contributed by atoms with Crippen LogP contribution in [0.2, 0.25) is 0 Å². The average molecular weight is 351 g/mol. The van der Waals surface area contributed by atoms with Gasteiger partial charge in [0.15, 0.2) is 0 Å². The summed E-state index contributed by atoms with van der Waals surface area (Å²) in [5.74, 6) is 0.880. The monoisotopic (exact) mass is 350 g/mol. The first-order valence-corrected chi connectivity index (χ1v) is 9.20. The second-order valence-corrected chi connectivity index (χ2v) is 7.70. The largest absolute Gasteiger partial charge is 0.366 e. The van der Waals surface area contributed by atoms with Crippen molar-refractivity contribution >= 4 is 21.6 Å². The first kappa shape index (κ1) is 15.4. The number of hydrogen-bond donors (Lipinski definition) is 1. The summed E-state index contributed by atoms with van der Waals surface area (Å²) in [5.41, 5.74) is 2.71. The summed E-state index contributed by atoms with van der Waals surface area (Å²) >= 11 is 3.61. The Balaban J connectivity index is 1.74. The van der Waals surface area contributed by atoms with Gasteiger partial charge in [0.1, 0.15) is 0 Å². The lowest BCUT2D eigenvalue weighted by atomic mass is 9.82. The predicted molar refractivity (Wildman–Crippen MR) is 94.1 cm³/mol. The maximum atomic E-state index is 3.81. The van der Waals surface area contributed by atoms with Gasteiger partial charge in [-0.3, -0.25) is 0 Å². The molecule has 116 valence electrons. The molecule has 0 spiro atoms. The van der Waals surface area contributed by atoms with Gasteiger partial charge in [-0.1, -0.05) is 35.2 Å². The number of halogens is 1. The fourth-order valence-electron chi connectivity index (χ4n) is 3.91. The van der Waals surface area contributed by atoms with Crippen molar-refractivity contribution in [3.8, 4) is 0 Å². The van der Waals surface area contributed by atoms with Crippen molar-refractivity contribution in [1.29, 1.82) is 0 Å². The van der Waals surface area contributed by atoms with Crippen LogP contribution >= 0.6 is 15.9 Å². The predicted octanol–water partition coefficient (Wildman–Crippen LogP) is 4.50. The van der Waals surface area contributed by atoms with E-state index in [-0.39, 0.29) is 0 Å². The summed E-state index contributed by atoms with van der Waals surface area (Å²) in [7, 11) is 0. The summed E-state index contributed by atoms with van der Waals surface area (Å²) in [6.07, 6.45) is 7.12. The fraction of sp³-hybridized carbons (Fsp3) is 0.667. The van der Waals surface area contributed by atoms with Crippen LogP contribution in [0.5, 0.6) is 0 Å². The van der Waals surface area contributed by atoms with Crippen molar-refractivity contribution in [2.45, 2.75) is 58.0 Å². The molecule has 1 heterocycles. The maximum absolute atomic E-state index is 3.81. The third kappa shape index (κ3) is 3.45. The van der Waals surface area contributed by atoms with Crippen LogP contribution < -0.4 is 10.2 Å². The van der Waals surface area contributed by atoms with Gasteiger partial charge in [-0.05, 0) is 56.4 Å². The SMILES string of the molecule is Cc1cc(N2CC(C3CCCCC3)NCC2C)ccc1Br. The van der Waals surface area contributed by atoms with Crippen LogP contribution in [0, 0.1) is 12.8 Å². The summed E-state index contributed by atoms with van der Waals surface area (Å²) in [6.45, 7) is 6.78. The Bertz CT molecular complexity index is 482. The number of aryl methyl sites for hydroxylation is 1. The van der Waals surface area contributed by atoms with Crippen LogP contribution in [0.4, 0.5) is 5.69 Å². The lowest BCUT2D eigenvalue weighted by Gasteiger charge is -2.44. The van der Waals surface area contributed by atoms with Gasteiger partial charge in [0.2, 0.25) is 0 Å². The first-order valence-electron chi connectivity index (χ1n) is 8.41. The summed E-state index contributed by atoms with van der Waals surface area (Å²) in [4.78, 5) is 2.61. The Kier molecular flexibility index (Phi) is 4.90. The van der Waals surface area contributed by atoms with Crippen LogP contribution in [-0.4, -0.2) is 25.2 Å². The van der Waals surface area contributed by atoms with Crippen molar-refractivity contribution in [3.05, 3.63) is 28.2 Å². The zero-order valence-corrected chi connectivity index (χ0v) is 14.8. The van der Waals surface area contributed by atoms with Gasteiger partial charge < -0.3 is 10.2 Å².